The van der Waals surface area contributed by atoms with Gasteiger partial charge < -0.3 is 10.1 Å². The van der Waals surface area contributed by atoms with Gasteiger partial charge in [0, 0.05) is 24.2 Å². The van der Waals surface area contributed by atoms with E-state index in [0.29, 0.717) is 28.1 Å². The molecule has 0 radical (unpaired) electrons. The highest BCUT2D eigenvalue weighted by Crippen LogP contribution is 2.41. The fourth-order valence-corrected chi connectivity index (χ4v) is 11.1. The largest absolute Gasteiger partial charge is 0.444 e. The van der Waals surface area contributed by atoms with Crippen molar-refractivity contribution in [2.45, 2.75) is 104 Å². The number of likely N-dealkylation sites (N-methyl/N-ethyl adjacent to an activating group) is 1. The minimum Gasteiger partial charge on any atom is -0.444 e. The summed E-state index contributed by atoms with van der Waals surface area (Å²) < 4.78 is 5.44. The lowest BCUT2D eigenvalue weighted by Gasteiger charge is -2.38. The average Bonchev–Trinajstić information content (AvgIpc) is 2.91. The molecule has 1 atom stereocenters. The van der Waals surface area contributed by atoms with Gasteiger partial charge in [-0.2, -0.15) is 0 Å². The Morgan fingerprint density at radius 3 is 2.16 bits per heavy atom. The second-order valence-corrected chi connectivity index (χ2v) is 18.9. The third-order valence-electron chi connectivity index (χ3n) is 8.31. The number of ether oxygens (including phenoxy) is 1. The van der Waals surface area contributed by atoms with Crippen molar-refractivity contribution in [1.82, 2.24) is 14.9 Å². The monoisotopic (exact) mass is 600 g/mol. The smallest absolute Gasteiger partial charge is 0.410 e. The van der Waals surface area contributed by atoms with Crippen LogP contribution in [0.15, 0.2) is 42.6 Å². The molecule has 43 heavy (non-hydrogen) atoms. The van der Waals surface area contributed by atoms with Crippen LogP contribution < -0.4 is 5.32 Å². The number of hydrogen-bond donors (Lipinski definition) is 1. The van der Waals surface area contributed by atoms with Gasteiger partial charge in [0.1, 0.15) is 31.2 Å². The van der Waals surface area contributed by atoms with Gasteiger partial charge in [0.25, 0.3) is 0 Å². The number of pyridine rings is 2. The second-order valence-electron chi connectivity index (χ2n) is 13.3. The van der Waals surface area contributed by atoms with Crippen molar-refractivity contribution in [2.75, 3.05) is 12.4 Å². The third kappa shape index (κ3) is 7.45. The highest BCUT2D eigenvalue weighted by Gasteiger charge is 2.41. The van der Waals surface area contributed by atoms with E-state index in [2.05, 4.69) is 82.4 Å². The molecule has 2 amide bonds. The maximum absolute atomic E-state index is 13.3. The van der Waals surface area contributed by atoms with Crippen LogP contribution in [0.4, 0.5) is 10.6 Å². The molecule has 0 saturated heterocycles. The topological polar surface area (TPSA) is 84.4 Å². The lowest BCUT2D eigenvalue weighted by atomic mass is 9.95. The fourth-order valence-electron chi connectivity index (χ4n) is 5.94. The van der Waals surface area contributed by atoms with E-state index in [1.807, 2.05) is 18.2 Å². The van der Waals surface area contributed by atoms with E-state index in [0.717, 1.165) is 27.6 Å². The zero-order chi connectivity index (χ0) is 32.3. The van der Waals surface area contributed by atoms with Gasteiger partial charge in [0.15, 0.2) is 0 Å². The molecule has 1 N–H and O–H groups in total. The summed E-state index contributed by atoms with van der Waals surface area (Å²) in [5, 5.41) is 3.93. The molecule has 1 aromatic carbocycles. The Labute approximate surface area is 258 Å². The highest BCUT2D eigenvalue weighted by molar-refractivity contribution is 6.90. The number of nitrogens with one attached hydrogen (secondary N) is 1. The molecule has 3 aromatic rings. The number of amides is 2. The summed E-state index contributed by atoms with van der Waals surface area (Å²) in [6, 6.07) is 11.1. The van der Waals surface area contributed by atoms with E-state index in [1.54, 1.807) is 47.0 Å². The van der Waals surface area contributed by atoms with Gasteiger partial charge >= 0.3 is 6.09 Å². The molecule has 8 heteroatoms. The summed E-state index contributed by atoms with van der Waals surface area (Å²) in [5.74, 6) is 3.55. The Balaban J connectivity index is 2.15. The maximum Gasteiger partial charge on any atom is 0.410 e. The first-order valence-corrected chi connectivity index (χ1v) is 17.4. The van der Waals surface area contributed by atoms with E-state index in [-0.39, 0.29) is 5.91 Å². The van der Waals surface area contributed by atoms with Crippen LogP contribution in [0.25, 0.3) is 22.0 Å². The lowest BCUT2D eigenvalue weighted by molar-refractivity contribution is -0.120. The van der Waals surface area contributed by atoms with Crippen molar-refractivity contribution in [3.8, 4) is 22.6 Å². The number of carbonyl (C=O) groups excluding carboxylic acids is 2. The van der Waals surface area contributed by atoms with Crippen LogP contribution in [0, 0.1) is 18.4 Å². The van der Waals surface area contributed by atoms with Gasteiger partial charge in [0.05, 0.1) is 5.52 Å². The van der Waals surface area contributed by atoms with Gasteiger partial charge in [-0.1, -0.05) is 59.6 Å². The Hall–Kier alpha value is -3.70. The second kappa shape index (κ2) is 13.3. The third-order valence-corrected chi connectivity index (χ3v) is 14.6. The minimum atomic E-state index is -2.07. The average molecular weight is 601 g/mol. The Morgan fingerprint density at radius 2 is 1.58 bits per heavy atom. The molecule has 0 saturated carbocycles. The molecule has 3 rings (SSSR count). The molecule has 1 unspecified atom stereocenters. The zero-order valence-corrected chi connectivity index (χ0v) is 28.9. The van der Waals surface area contributed by atoms with Crippen LogP contribution >= 0.6 is 0 Å². The number of anilines is 1. The normalized spacial score (nSPS) is 12.7. The van der Waals surface area contributed by atoms with Gasteiger partial charge in [-0.05, 0) is 86.6 Å². The number of aryl methyl sites for hydroxylation is 1. The molecule has 0 fully saturated rings. The minimum absolute atomic E-state index is 0.367. The van der Waals surface area contributed by atoms with E-state index in [9.17, 15) is 9.59 Å². The first-order chi connectivity index (χ1) is 20.0. The van der Waals surface area contributed by atoms with E-state index >= 15 is 0 Å². The molecule has 0 aliphatic carbocycles. The molecule has 0 bridgehead atoms. The van der Waals surface area contributed by atoms with Gasteiger partial charge in [-0.15, -0.1) is 5.54 Å². The number of fused-ring (bicyclic) bond motifs is 1. The number of carbonyl (C=O) groups is 2. The van der Waals surface area contributed by atoms with Crippen LogP contribution in [0.3, 0.4) is 0 Å². The predicted octanol–water partition coefficient (Wildman–Crippen LogP) is 8.37. The van der Waals surface area contributed by atoms with Crippen molar-refractivity contribution in [3.63, 3.8) is 0 Å². The van der Waals surface area contributed by atoms with Crippen LogP contribution in [0.2, 0.25) is 16.6 Å². The number of rotatable bonds is 7. The van der Waals surface area contributed by atoms with Crippen LogP contribution in [0.1, 0.15) is 80.5 Å². The molecule has 2 heterocycles. The van der Waals surface area contributed by atoms with Gasteiger partial charge in [-0.25, -0.2) is 9.78 Å². The summed E-state index contributed by atoms with van der Waals surface area (Å²) in [6.07, 6.45) is 1.23. The Morgan fingerprint density at radius 1 is 0.953 bits per heavy atom. The number of hydrogen-bond acceptors (Lipinski definition) is 5. The Bertz CT molecular complexity index is 1520. The molecule has 7 nitrogen and oxygen atoms in total. The predicted molar refractivity (Wildman–Crippen MR) is 180 cm³/mol. The first-order valence-electron chi connectivity index (χ1n) is 15.1. The lowest BCUT2D eigenvalue weighted by Crippen LogP contribution is -2.45. The van der Waals surface area contributed by atoms with Crippen molar-refractivity contribution in [2.24, 2.45) is 0 Å². The fraction of sp³-hybridized carbons (Fsp3) is 0.486. The summed E-state index contributed by atoms with van der Waals surface area (Å²) in [4.78, 5) is 36.6. The van der Waals surface area contributed by atoms with E-state index in [1.165, 1.54) is 4.90 Å². The number of benzene rings is 1. The van der Waals surface area contributed by atoms with Crippen molar-refractivity contribution < 1.29 is 14.3 Å². The number of nitrogens with zero attached hydrogens (tertiary/aromatic N) is 3. The van der Waals surface area contributed by atoms with Gasteiger partial charge in [-0.3, -0.25) is 14.7 Å². The highest BCUT2D eigenvalue weighted by atomic mass is 28.3. The van der Waals surface area contributed by atoms with Crippen molar-refractivity contribution in [1.29, 1.82) is 0 Å². The standard InChI is InChI=1S/C35H48N4O3Si/c1-22(2)43(23(3)4,24(5)6)21-19-30-28(32-25(7)15-17-29-27(32)14-13-20-36-29)16-18-31(37-30)38-33(40)26(8)39(12)34(41)42-35(9,10)11/h13-18,20,22-24,26H,1-12H3,(H,37,38,40). The molecule has 0 aliphatic heterocycles. The Kier molecular flexibility index (Phi) is 10.5. The molecular weight excluding hydrogens is 552 g/mol. The van der Waals surface area contributed by atoms with Crippen LogP contribution in [-0.4, -0.2) is 53.6 Å². The molecule has 230 valence electrons. The first kappa shape index (κ1) is 33.8. The summed E-state index contributed by atoms with van der Waals surface area (Å²) in [7, 11) is -0.522. The van der Waals surface area contributed by atoms with E-state index < -0.39 is 25.8 Å². The SMILES string of the molecule is Cc1ccc2ncccc2c1-c1ccc(NC(=O)C(C)N(C)C(=O)OC(C)(C)C)nc1C#C[Si](C(C)C)(C(C)C)C(C)C. The molecular formula is C35H48N4O3Si. The van der Waals surface area contributed by atoms with Crippen molar-refractivity contribution in [3.05, 3.63) is 53.9 Å². The van der Waals surface area contributed by atoms with E-state index in [4.69, 9.17) is 9.72 Å². The summed E-state index contributed by atoms with van der Waals surface area (Å²) in [6.45, 7) is 22.8. The summed E-state index contributed by atoms with van der Waals surface area (Å²) in [5.41, 5.74) is 9.06. The molecule has 0 aliphatic rings. The van der Waals surface area contributed by atoms with Crippen LogP contribution in [-0.2, 0) is 9.53 Å². The number of aromatic nitrogens is 2. The maximum atomic E-state index is 13.3. The van der Waals surface area contributed by atoms with Crippen molar-refractivity contribution >= 4 is 36.8 Å². The molecule has 2 aromatic heterocycles. The van der Waals surface area contributed by atoms with Crippen LogP contribution in [0.5, 0.6) is 0 Å². The zero-order valence-electron chi connectivity index (χ0n) is 27.9. The summed E-state index contributed by atoms with van der Waals surface area (Å²) >= 11 is 0. The molecule has 0 spiro atoms. The van der Waals surface area contributed by atoms with Gasteiger partial charge in [0.2, 0.25) is 5.91 Å². The quantitative estimate of drug-likeness (QED) is 0.218.